The molecule has 0 saturated carbocycles. The van der Waals surface area contributed by atoms with Crippen LogP contribution in [0.5, 0.6) is 5.75 Å². The molecule has 10 nitrogen and oxygen atoms in total. The molecule has 0 aliphatic heterocycles. The van der Waals surface area contributed by atoms with E-state index in [1.165, 1.54) is 50.6 Å². The SMILES string of the molecule is COc1ccc(Cl)cc1N(CC(=O)N/N=C\c1ccc(Cl)cc1)S(=O)(=O)c1ccc(C)c([N+](=O)[O-])c1. The molecule has 0 saturated heterocycles. The van der Waals surface area contributed by atoms with E-state index in [1.54, 1.807) is 24.3 Å². The normalized spacial score (nSPS) is 11.3. The van der Waals surface area contributed by atoms with Crippen LogP contribution >= 0.6 is 23.2 Å². The van der Waals surface area contributed by atoms with E-state index in [1.807, 2.05) is 0 Å². The van der Waals surface area contributed by atoms with E-state index in [9.17, 15) is 23.3 Å². The Labute approximate surface area is 217 Å². The van der Waals surface area contributed by atoms with Gasteiger partial charge in [-0.1, -0.05) is 41.4 Å². The van der Waals surface area contributed by atoms with Crippen molar-refractivity contribution in [3.63, 3.8) is 0 Å². The van der Waals surface area contributed by atoms with Gasteiger partial charge in [0.15, 0.2) is 0 Å². The minimum Gasteiger partial charge on any atom is -0.495 e. The summed E-state index contributed by atoms with van der Waals surface area (Å²) in [6.45, 7) is 0.761. The third kappa shape index (κ3) is 6.30. The number of nitrogens with one attached hydrogen (secondary N) is 1. The number of sulfonamides is 1. The highest BCUT2D eigenvalue weighted by Gasteiger charge is 2.31. The Kier molecular flexibility index (Phi) is 8.51. The lowest BCUT2D eigenvalue weighted by Gasteiger charge is -2.25. The summed E-state index contributed by atoms with van der Waals surface area (Å²) >= 11 is 11.9. The van der Waals surface area contributed by atoms with Crippen molar-refractivity contribution in [3.8, 4) is 5.75 Å². The Morgan fingerprint density at radius 3 is 2.42 bits per heavy atom. The van der Waals surface area contributed by atoms with Crippen molar-refractivity contribution in [2.24, 2.45) is 5.10 Å². The van der Waals surface area contributed by atoms with Crippen LogP contribution in [-0.2, 0) is 14.8 Å². The van der Waals surface area contributed by atoms with Crippen LogP contribution in [-0.4, -0.2) is 39.1 Å². The summed E-state index contributed by atoms with van der Waals surface area (Å²) in [5.74, 6) is -0.672. The van der Waals surface area contributed by atoms with Gasteiger partial charge in [0.1, 0.15) is 12.3 Å². The van der Waals surface area contributed by atoms with Gasteiger partial charge >= 0.3 is 0 Å². The molecular formula is C23H20Cl2N4O6S. The fourth-order valence-corrected chi connectivity index (χ4v) is 4.86. The van der Waals surface area contributed by atoms with Gasteiger partial charge in [0.25, 0.3) is 21.6 Å². The topological polar surface area (TPSA) is 131 Å². The maximum absolute atomic E-state index is 13.6. The quantitative estimate of drug-likeness (QED) is 0.236. The highest BCUT2D eigenvalue weighted by Crippen LogP contribution is 2.35. The van der Waals surface area contributed by atoms with Gasteiger partial charge in [0.05, 0.1) is 28.8 Å². The van der Waals surface area contributed by atoms with Gasteiger partial charge in [0, 0.05) is 21.7 Å². The van der Waals surface area contributed by atoms with Crippen molar-refractivity contribution in [1.29, 1.82) is 0 Å². The van der Waals surface area contributed by atoms with Gasteiger partial charge in [-0.2, -0.15) is 5.10 Å². The highest BCUT2D eigenvalue weighted by molar-refractivity contribution is 7.92. The van der Waals surface area contributed by atoms with E-state index in [0.717, 1.165) is 10.4 Å². The fraction of sp³-hybridized carbons (Fsp3) is 0.130. The summed E-state index contributed by atoms with van der Waals surface area (Å²) in [5.41, 5.74) is 2.77. The molecule has 0 aliphatic rings. The van der Waals surface area contributed by atoms with Crippen LogP contribution in [0.4, 0.5) is 11.4 Å². The van der Waals surface area contributed by atoms with E-state index in [2.05, 4.69) is 10.5 Å². The molecular weight excluding hydrogens is 531 g/mol. The van der Waals surface area contributed by atoms with Crippen LogP contribution in [0.25, 0.3) is 0 Å². The molecule has 0 bridgehead atoms. The molecule has 0 spiro atoms. The number of benzene rings is 3. The van der Waals surface area contributed by atoms with Gasteiger partial charge in [-0.15, -0.1) is 0 Å². The second-order valence-electron chi connectivity index (χ2n) is 7.38. The molecule has 0 heterocycles. The van der Waals surface area contributed by atoms with E-state index in [0.29, 0.717) is 10.6 Å². The average Bonchev–Trinajstić information content (AvgIpc) is 2.83. The highest BCUT2D eigenvalue weighted by atomic mass is 35.5. The zero-order chi connectivity index (χ0) is 26.5. The Morgan fingerprint density at radius 2 is 1.78 bits per heavy atom. The van der Waals surface area contributed by atoms with E-state index in [-0.39, 0.29) is 32.6 Å². The lowest BCUT2D eigenvalue weighted by Crippen LogP contribution is -2.39. The predicted molar refractivity (Wildman–Crippen MR) is 138 cm³/mol. The van der Waals surface area contributed by atoms with Crippen molar-refractivity contribution in [2.75, 3.05) is 18.0 Å². The number of nitro benzene ring substituents is 1. The zero-order valence-corrected chi connectivity index (χ0v) is 21.3. The molecule has 36 heavy (non-hydrogen) atoms. The fourth-order valence-electron chi connectivity index (χ4n) is 3.12. The zero-order valence-electron chi connectivity index (χ0n) is 19.0. The van der Waals surface area contributed by atoms with Crippen molar-refractivity contribution in [3.05, 3.63) is 92.0 Å². The smallest absolute Gasteiger partial charge is 0.273 e. The van der Waals surface area contributed by atoms with E-state index < -0.39 is 27.4 Å². The summed E-state index contributed by atoms with van der Waals surface area (Å²) in [6.07, 6.45) is 1.36. The number of methoxy groups -OCH3 is 1. The van der Waals surface area contributed by atoms with Crippen LogP contribution in [0.2, 0.25) is 10.0 Å². The van der Waals surface area contributed by atoms with Crippen LogP contribution in [0.3, 0.4) is 0 Å². The molecule has 188 valence electrons. The number of halogens is 2. The molecule has 0 fully saturated rings. The number of carbonyl (C=O) groups is 1. The number of hydrazone groups is 1. The summed E-state index contributed by atoms with van der Waals surface area (Å²) in [4.78, 5) is 23.0. The largest absolute Gasteiger partial charge is 0.495 e. The van der Waals surface area contributed by atoms with E-state index >= 15 is 0 Å². The predicted octanol–water partition coefficient (Wildman–Crippen LogP) is 4.56. The second-order valence-corrected chi connectivity index (χ2v) is 10.1. The van der Waals surface area contributed by atoms with Gasteiger partial charge in [-0.25, -0.2) is 13.8 Å². The molecule has 0 aromatic heterocycles. The van der Waals surface area contributed by atoms with Crippen molar-refractivity contribution >= 4 is 56.7 Å². The number of ether oxygens (including phenoxy) is 1. The monoisotopic (exact) mass is 550 g/mol. The first-order valence-electron chi connectivity index (χ1n) is 10.2. The number of carbonyl (C=O) groups excluding carboxylic acids is 1. The Hall–Kier alpha value is -3.67. The number of aryl methyl sites for hydroxylation is 1. The number of hydrogen-bond acceptors (Lipinski definition) is 7. The third-order valence-corrected chi connectivity index (χ3v) is 7.18. The summed E-state index contributed by atoms with van der Waals surface area (Å²) in [7, 11) is -3.17. The molecule has 0 radical (unpaired) electrons. The molecule has 1 N–H and O–H groups in total. The maximum atomic E-state index is 13.6. The number of amides is 1. The maximum Gasteiger partial charge on any atom is 0.273 e. The average molecular weight is 551 g/mol. The molecule has 0 aliphatic carbocycles. The number of hydrogen-bond donors (Lipinski definition) is 1. The minimum absolute atomic E-state index is 0.0370. The van der Waals surface area contributed by atoms with Crippen LogP contribution in [0.15, 0.2) is 70.7 Å². The van der Waals surface area contributed by atoms with Crippen LogP contribution < -0.4 is 14.5 Å². The number of anilines is 1. The summed E-state index contributed by atoms with van der Waals surface area (Å²) < 4.78 is 33.3. The summed E-state index contributed by atoms with van der Waals surface area (Å²) in [6, 6.07) is 14.3. The molecule has 3 rings (SSSR count). The first-order valence-corrected chi connectivity index (χ1v) is 12.4. The lowest BCUT2D eigenvalue weighted by atomic mass is 10.2. The second kappa shape index (κ2) is 11.4. The molecule has 3 aromatic carbocycles. The molecule has 3 aromatic rings. The van der Waals surface area contributed by atoms with Gasteiger partial charge in [-0.3, -0.25) is 19.2 Å². The van der Waals surface area contributed by atoms with Gasteiger partial charge < -0.3 is 4.74 Å². The Morgan fingerprint density at radius 1 is 1.11 bits per heavy atom. The molecule has 0 unspecified atom stereocenters. The number of nitro groups is 1. The van der Waals surface area contributed by atoms with Crippen molar-refractivity contribution < 1.29 is 22.9 Å². The van der Waals surface area contributed by atoms with Crippen molar-refractivity contribution in [1.82, 2.24) is 5.43 Å². The minimum atomic E-state index is -4.49. The number of nitrogens with zero attached hydrogens (tertiary/aromatic N) is 3. The first-order chi connectivity index (χ1) is 17.0. The van der Waals surface area contributed by atoms with E-state index in [4.69, 9.17) is 27.9 Å². The van der Waals surface area contributed by atoms with Crippen LogP contribution in [0.1, 0.15) is 11.1 Å². The van der Waals surface area contributed by atoms with Gasteiger partial charge in [0.2, 0.25) is 0 Å². The first kappa shape index (κ1) is 26.9. The molecule has 0 atom stereocenters. The van der Waals surface area contributed by atoms with Crippen molar-refractivity contribution in [2.45, 2.75) is 11.8 Å². The number of rotatable bonds is 9. The Balaban J connectivity index is 1.99. The molecule has 13 heteroatoms. The summed E-state index contributed by atoms with van der Waals surface area (Å²) in [5, 5.41) is 15.9. The molecule has 1 amide bonds. The lowest BCUT2D eigenvalue weighted by molar-refractivity contribution is -0.385. The van der Waals surface area contributed by atoms with Gasteiger partial charge in [-0.05, 0) is 48.9 Å². The van der Waals surface area contributed by atoms with Crippen LogP contribution in [0, 0.1) is 17.0 Å². The standard InChI is InChI=1S/C23H20Cl2N4O6S/c1-15-3-9-19(12-20(15)29(31)32)36(33,34)28(21-11-18(25)8-10-22(21)35-2)14-23(30)27-26-13-16-4-6-17(24)7-5-16/h3-13H,14H2,1-2H3,(H,27,30)/b26-13-. The Bertz CT molecular complexity index is 1430. The third-order valence-electron chi connectivity index (χ3n) is 4.93.